The van der Waals surface area contributed by atoms with Gasteiger partial charge >= 0.3 is 0 Å². The number of aromatic hydroxyl groups is 1. The van der Waals surface area contributed by atoms with E-state index in [4.69, 9.17) is 14.2 Å². The van der Waals surface area contributed by atoms with Crippen molar-refractivity contribution in [1.29, 1.82) is 0 Å². The lowest BCUT2D eigenvalue weighted by atomic mass is 9.94. The van der Waals surface area contributed by atoms with Gasteiger partial charge in [-0.3, -0.25) is 0 Å². The Kier molecular flexibility index (Phi) is 6.22. The van der Waals surface area contributed by atoms with Gasteiger partial charge in [0.15, 0.2) is 11.5 Å². The number of rotatable bonds is 7. The number of phenols is 1. The maximum Gasteiger partial charge on any atom is 0.203 e. The van der Waals surface area contributed by atoms with E-state index in [0.717, 1.165) is 22.3 Å². The van der Waals surface area contributed by atoms with Gasteiger partial charge in [0.05, 0.1) is 27.4 Å². The van der Waals surface area contributed by atoms with E-state index in [1.165, 1.54) is 0 Å². The van der Waals surface area contributed by atoms with Crippen LogP contribution in [0.1, 0.15) is 28.6 Å². The van der Waals surface area contributed by atoms with E-state index in [2.05, 4.69) is 15.3 Å². The van der Waals surface area contributed by atoms with Crippen LogP contribution in [0.4, 0.5) is 5.82 Å². The lowest BCUT2D eigenvalue weighted by Gasteiger charge is -2.25. The summed E-state index contributed by atoms with van der Waals surface area (Å²) in [4.78, 5) is 9.16. The Balaban J connectivity index is 1.96. The molecule has 0 saturated heterocycles. The first-order valence-electron chi connectivity index (χ1n) is 10.5. The Morgan fingerprint density at radius 1 is 0.758 bits per heavy atom. The summed E-state index contributed by atoms with van der Waals surface area (Å²) >= 11 is 0. The van der Waals surface area contributed by atoms with Crippen LogP contribution in [0.2, 0.25) is 0 Å². The molecule has 0 amide bonds. The number of methoxy groups -OCH3 is 3. The molecule has 1 atom stereocenters. The van der Waals surface area contributed by atoms with Gasteiger partial charge in [0.25, 0.3) is 0 Å². The van der Waals surface area contributed by atoms with Crippen LogP contribution in [-0.4, -0.2) is 36.4 Å². The third-order valence-corrected chi connectivity index (χ3v) is 5.54. The van der Waals surface area contributed by atoms with Crippen LogP contribution in [-0.2, 0) is 0 Å². The minimum absolute atomic E-state index is 0.0955. The Morgan fingerprint density at radius 3 is 2.15 bits per heavy atom. The number of fused-ring (bicyclic) bond motifs is 1. The quantitative estimate of drug-likeness (QED) is 0.405. The van der Waals surface area contributed by atoms with Gasteiger partial charge in [0.2, 0.25) is 5.75 Å². The lowest BCUT2D eigenvalue weighted by molar-refractivity contribution is 0.321. The van der Waals surface area contributed by atoms with Gasteiger partial charge in [-0.2, -0.15) is 0 Å². The van der Waals surface area contributed by atoms with Crippen molar-refractivity contribution in [3.8, 4) is 23.0 Å². The molecule has 2 aromatic heterocycles. The Bertz CT molecular complexity index is 1310. The fourth-order valence-electron chi connectivity index (χ4n) is 3.97. The molecular weight excluding hydrogens is 418 g/mol. The molecule has 0 spiro atoms. The third kappa shape index (κ3) is 4.22. The Hall–Kier alpha value is -4.00. The largest absolute Gasteiger partial charge is 0.505 e. The molecule has 4 aromatic rings. The third-order valence-electron chi connectivity index (χ3n) is 5.54. The molecule has 7 heteroatoms. The summed E-state index contributed by atoms with van der Waals surface area (Å²) in [5, 5.41) is 15.6. The maximum atomic E-state index is 11.3. The van der Waals surface area contributed by atoms with E-state index < -0.39 is 6.04 Å². The van der Waals surface area contributed by atoms with Gasteiger partial charge in [-0.15, -0.1) is 0 Å². The van der Waals surface area contributed by atoms with Gasteiger partial charge in [-0.05, 0) is 44.2 Å². The monoisotopic (exact) mass is 445 g/mol. The van der Waals surface area contributed by atoms with Crippen LogP contribution in [0.15, 0.2) is 54.6 Å². The number of nitrogens with one attached hydrogen (secondary N) is 1. The van der Waals surface area contributed by atoms with Crippen LogP contribution >= 0.6 is 0 Å². The summed E-state index contributed by atoms with van der Waals surface area (Å²) in [5.41, 5.74) is 3.62. The number of phenolic OH excluding ortho intramolecular Hbond substituents is 1. The molecule has 2 heterocycles. The highest BCUT2D eigenvalue weighted by molar-refractivity contribution is 5.86. The highest BCUT2D eigenvalue weighted by Crippen LogP contribution is 2.46. The highest BCUT2D eigenvalue weighted by Gasteiger charge is 2.27. The van der Waals surface area contributed by atoms with Crippen molar-refractivity contribution in [1.82, 2.24) is 9.97 Å². The number of hydrogen-bond acceptors (Lipinski definition) is 7. The molecule has 0 saturated carbocycles. The van der Waals surface area contributed by atoms with Crippen molar-refractivity contribution in [3.63, 3.8) is 0 Å². The molecule has 0 bridgehead atoms. The normalized spacial score (nSPS) is 11.8. The number of nitrogens with zero attached hydrogens (tertiary/aromatic N) is 2. The fraction of sp³-hybridized carbons (Fsp3) is 0.231. The van der Waals surface area contributed by atoms with Crippen LogP contribution < -0.4 is 19.5 Å². The molecule has 0 aliphatic heterocycles. The molecule has 170 valence electrons. The second-order valence-corrected chi connectivity index (χ2v) is 7.69. The van der Waals surface area contributed by atoms with E-state index in [0.29, 0.717) is 34.1 Å². The molecule has 33 heavy (non-hydrogen) atoms. The maximum absolute atomic E-state index is 11.3. The van der Waals surface area contributed by atoms with E-state index >= 15 is 0 Å². The van der Waals surface area contributed by atoms with Crippen LogP contribution in [0.25, 0.3) is 10.9 Å². The van der Waals surface area contributed by atoms with Gasteiger partial charge in [-0.25, -0.2) is 9.97 Å². The molecule has 0 unspecified atom stereocenters. The average Bonchev–Trinajstić information content (AvgIpc) is 2.82. The molecule has 0 fully saturated rings. The molecule has 2 N–H and O–H groups in total. The summed E-state index contributed by atoms with van der Waals surface area (Å²) in [5.74, 6) is 2.27. The summed E-state index contributed by atoms with van der Waals surface area (Å²) in [6, 6.07) is 16.6. The van der Waals surface area contributed by atoms with E-state index in [-0.39, 0.29) is 5.75 Å². The molecule has 0 radical (unpaired) electrons. The van der Waals surface area contributed by atoms with Gasteiger partial charge in [0.1, 0.15) is 17.1 Å². The summed E-state index contributed by atoms with van der Waals surface area (Å²) in [6.45, 7) is 3.83. The highest BCUT2D eigenvalue weighted by atomic mass is 16.5. The van der Waals surface area contributed by atoms with Crippen LogP contribution in [0.3, 0.4) is 0 Å². The first-order valence-corrected chi connectivity index (χ1v) is 10.5. The predicted octanol–water partition coefficient (Wildman–Crippen LogP) is 5.18. The summed E-state index contributed by atoms with van der Waals surface area (Å²) in [7, 11) is 4.72. The minimum atomic E-state index is -0.513. The van der Waals surface area contributed by atoms with Crippen molar-refractivity contribution < 1.29 is 19.3 Å². The van der Waals surface area contributed by atoms with Gasteiger partial charge in [0, 0.05) is 27.9 Å². The van der Waals surface area contributed by atoms with Crippen molar-refractivity contribution in [2.45, 2.75) is 19.9 Å². The second kappa shape index (κ2) is 9.24. The SMILES string of the molecule is COc1ccc([C@H](Nc2cccc(C)n2)c2ccc3ccc(C)nc3c2O)c(OC)c1OC. The number of aryl methyl sites for hydroxylation is 2. The van der Waals surface area contributed by atoms with E-state index in [9.17, 15) is 5.11 Å². The first kappa shape index (κ1) is 22.2. The summed E-state index contributed by atoms with van der Waals surface area (Å²) in [6.07, 6.45) is 0. The number of pyridine rings is 2. The molecule has 2 aromatic carbocycles. The Labute approximate surface area is 193 Å². The second-order valence-electron chi connectivity index (χ2n) is 7.69. The Morgan fingerprint density at radius 2 is 1.45 bits per heavy atom. The zero-order chi connectivity index (χ0) is 23.5. The number of hydrogen-bond donors (Lipinski definition) is 2. The first-order chi connectivity index (χ1) is 16.0. The molecule has 0 aliphatic carbocycles. The van der Waals surface area contributed by atoms with Gasteiger partial charge < -0.3 is 24.6 Å². The lowest BCUT2D eigenvalue weighted by Crippen LogP contribution is -2.15. The van der Waals surface area contributed by atoms with Crippen molar-refractivity contribution >= 4 is 16.7 Å². The van der Waals surface area contributed by atoms with Crippen LogP contribution in [0.5, 0.6) is 23.0 Å². The molecule has 7 nitrogen and oxygen atoms in total. The summed E-state index contributed by atoms with van der Waals surface area (Å²) < 4.78 is 16.8. The zero-order valence-corrected chi connectivity index (χ0v) is 19.3. The number of benzene rings is 2. The van der Waals surface area contributed by atoms with E-state index in [1.54, 1.807) is 21.3 Å². The minimum Gasteiger partial charge on any atom is -0.505 e. The van der Waals surface area contributed by atoms with Crippen molar-refractivity contribution in [3.05, 3.63) is 77.1 Å². The molecular formula is C26H27N3O4. The van der Waals surface area contributed by atoms with Crippen molar-refractivity contribution in [2.24, 2.45) is 0 Å². The van der Waals surface area contributed by atoms with Crippen LogP contribution in [0, 0.1) is 13.8 Å². The fourth-order valence-corrected chi connectivity index (χ4v) is 3.97. The number of aromatic nitrogens is 2. The molecule has 4 rings (SSSR count). The zero-order valence-electron chi connectivity index (χ0n) is 19.3. The number of ether oxygens (including phenoxy) is 3. The standard InChI is InChI=1S/C26H27N3O4/c1-15-7-6-8-21(27-15)29-23(19-13-14-20(31-3)26(33-5)25(19)32-4)18-12-11-17-10-9-16(2)28-22(17)24(18)30/h6-14,23,30H,1-5H3,(H,27,29)/t23-/m1/s1. The predicted molar refractivity (Wildman–Crippen MR) is 129 cm³/mol. The average molecular weight is 446 g/mol. The smallest absolute Gasteiger partial charge is 0.203 e. The van der Waals surface area contributed by atoms with E-state index in [1.807, 2.05) is 68.4 Å². The molecule has 0 aliphatic rings. The van der Waals surface area contributed by atoms with Crippen molar-refractivity contribution in [2.75, 3.05) is 26.6 Å². The topological polar surface area (TPSA) is 85.7 Å². The van der Waals surface area contributed by atoms with Gasteiger partial charge in [-0.1, -0.05) is 24.3 Å². The number of anilines is 1.